The summed E-state index contributed by atoms with van der Waals surface area (Å²) in [4.78, 5) is 22.9. The summed E-state index contributed by atoms with van der Waals surface area (Å²) in [7, 11) is 4.53. The molecule has 1 amide bonds. The second-order valence-corrected chi connectivity index (χ2v) is 8.64. The molecule has 0 radical (unpaired) electrons. The Balaban J connectivity index is 1.69. The fourth-order valence-corrected chi connectivity index (χ4v) is 4.00. The topological polar surface area (TPSA) is 143 Å². The summed E-state index contributed by atoms with van der Waals surface area (Å²) in [6, 6.07) is 9.42. The summed E-state index contributed by atoms with van der Waals surface area (Å²) in [6.45, 7) is 6.22. The molecule has 1 N–H and O–H groups in total. The molecule has 3 rings (SSSR count). The molecule has 0 spiro atoms. The van der Waals surface area contributed by atoms with Crippen LogP contribution in [0, 0.1) is 10.1 Å². The van der Waals surface area contributed by atoms with E-state index < -0.39 is 4.92 Å². The zero-order valence-electron chi connectivity index (χ0n) is 20.8. The van der Waals surface area contributed by atoms with Gasteiger partial charge in [-0.25, -0.2) is 5.43 Å². The van der Waals surface area contributed by atoms with Gasteiger partial charge in [-0.2, -0.15) is 5.10 Å². The number of allylic oxidation sites excluding steroid dienone is 1. The molecule has 3 aromatic rings. The number of hydrogen-bond acceptors (Lipinski definition) is 10. The Kier molecular flexibility index (Phi) is 9.21. The van der Waals surface area contributed by atoms with E-state index in [0.717, 1.165) is 5.57 Å². The molecule has 2 aromatic carbocycles. The lowest BCUT2D eigenvalue weighted by Gasteiger charge is -2.12. The maximum Gasteiger partial charge on any atom is 0.269 e. The normalized spacial score (nSPS) is 10.8. The number of nitrogens with one attached hydrogen (secondary N) is 1. The van der Waals surface area contributed by atoms with Crippen molar-refractivity contribution in [1.29, 1.82) is 0 Å². The molecular weight excluding hydrogens is 500 g/mol. The molecule has 0 atom stereocenters. The van der Waals surface area contributed by atoms with E-state index in [9.17, 15) is 14.9 Å². The number of nitrogens with zero attached hydrogens (tertiary/aromatic N) is 5. The summed E-state index contributed by atoms with van der Waals surface area (Å²) < 4.78 is 17.7. The summed E-state index contributed by atoms with van der Waals surface area (Å²) in [5, 5.41) is 23.9. The van der Waals surface area contributed by atoms with E-state index in [2.05, 4.69) is 27.3 Å². The highest BCUT2D eigenvalue weighted by Gasteiger charge is 2.17. The molecule has 0 aliphatic carbocycles. The predicted molar refractivity (Wildman–Crippen MR) is 139 cm³/mol. The first-order valence-electron chi connectivity index (χ1n) is 10.8. The van der Waals surface area contributed by atoms with E-state index in [1.54, 1.807) is 28.8 Å². The van der Waals surface area contributed by atoms with E-state index in [1.165, 1.54) is 51.4 Å². The number of hydrogen-bond donors (Lipinski definition) is 1. The van der Waals surface area contributed by atoms with Crippen molar-refractivity contribution in [1.82, 2.24) is 20.2 Å². The third-order valence-electron chi connectivity index (χ3n) is 4.90. The van der Waals surface area contributed by atoms with Crippen LogP contribution in [-0.2, 0) is 11.3 Å². The van der Waals surface area contributed by atoms with Crippen LogP contribution >= 0.6 is 11.8 Å². The number of nitro benzene ring substituents is 1. The number of benzene rings is 2. The maximum atomic E-state index is 12.4. The van der Waals surface area contributed by atoms with E-state index in [1.807, 2.05) is 6.92 Å². The molecule has 0 aliphatic rings. The fourth-order valence-electron chi connectivity index (χ4n) is 3.27. The van der Waals surface area contributed by atoms with Crippen LogP contribution < -0.4 is 19.6 Å². The molecule has 1 aromatic heterocycles. The van der Waals surface area contributed by atoms with Crippen molar-refractivity contribution in [2.75, 3.05) is 27.1 Å². The summed E-state index contributed by atoms with van der Waals surface area (Å²) >= 11 is 1.18. The Bertz CT molecular complexity index is 1300. The van der Waals surface area contributed by atoms with Crippen molar-refractivity contribution in [2.45, 2.75) is 18.6 Å². The number of aromatic nitrogens is 3. The average Bonchev–Trinajstić information content (AvgIpc) is 3.28. The van der Waals surface area contributed by atoms with Crippen molar-refractivity contribution in [3.05, 3.63) is 64.2 Å². The number of rotatable bonds is 12. The monoisotopic (exact) mass is 526 g/mol. The van der Waals surface area contributed by atoms with Gasteiger partial charge in [-0.15, -0.1) is 10.2 Å². The van der Waals surface area contributed by atoms with Crippen LogP contribution in [-0.4, -0.2) is 58.9 Å². The fraction of sp³-hybridized carbons (Fsp3) is 0.250. The molecule has 0 saturated carbocycles. The standard InChI is InChI=1S/C24H26N6O6S/c1-15(2)13-29-23(17-6-8-18(9-7-17)30(32)33)27-28-24(29)37-14-21(31)26-25-12-16-10-19(34-3)22(36-5)20(11-16)35-4/h6-12H,1,13-14H2,2-5H3,(H,26,31)/b25-12+. The minimum atomic E-state index is -0.466. The van der Waals surface area contributed by atoms with Crippen molar-refractivity contribution >= 4 is 29.6 Å². The molecule has 0 bridgehead atoms. The Morgan fingerprint density at radius 3 is 2.35 bits per heavy atom. The molecule has 0 saturated heterocycles. The lowest BCUT2D eigenvalue weighted by Crippen LogP contribution is -2.20. The highest BCUT2D eigenvalue weighted by Crippen LogP contribution is 2.37. The van der Waals surface area contributed by atoms with Gasteiger partial charge in [-0.1, -0.05) is 23.9 Å². The van der Waals surface area contributed by atoms with Crippen LogP contribution in [0.3, 0.4) is 0 Å². The Morgan fingerprint density at radius 1 is 1.16 bits per heavy atom. The number of nitro groups is 1. The van der Waals surface area contributed by atoms with Gasteiger partial charge >= 0.3 is 0 Å². The van der Waals surface area contributed by atoms with E-state index >= 15 is 0 Å². The zero-order chi connectivity index (χ0) is 26.9. The van der Waals surface area contributed by atoms with Crippen molar-refractivity contribution < 1.29 is 23.9 Å². The third-order valence-corrected chi connectivity index (χ3v) is 5.87. The van der Waals surface area contributed by atoms with Gasteiger partial charge in [-0.05, 0) is 31.2 Å². The third kappa shape index (κ3) is 6.85. The Morgan fingerprint density at radius 2 is 1.81 bits per heavy atom. The van der Waals surface area contributed by atoms with Crippen molar-refractivity contribution in [2.24, 2.45) is 5.10 Å². The second-order valence-electron chi connectivity index (χ2n) is 7.69. The molecule has 0 aliphatic heterocycles. The first-order valence-corrected chi connectivity index (χ1v) is 11.8. The molecule has 12 nitrogen and oxygen atoms in total. The zero-order valence-corrected chi connectivity index (χ0v) is 21.6. The van der Waals surface area contributed by atoms with E-state index in [0.29, 0.717) is 45.9 Å². The van der Waals surface area contributed by atoms with Gasteiger partial charge in [0.05, 0.1) is 38.2 Å². The van der Waals surface area contributed by atoms with Gasteiger partial charge in [0, 0.05) is 29.8 Å². The van der Waals surface area contributed by atoms with Gasteiger partial charge in [-0.3, -0.25) is 19.5 Å². The molecule has 194 valence electrons. The molecule has 37 heavy (non-hydrogen) atoms. The number of carbonyl (C=O) groups excluding carboxylic acids is 1. The lowest BCUT2D eigenvalue weighted by molar-refractivity contribution is -0.384. The maximum absolute atomic E-state index is 12.4. The lowest BCUT2D eigenvalue weighted by atomic mass is 10.2. The predicted octanol–water partition coefficient (Wildman–Crippen LogP) is 3.70. The molecule has 0 fully saturated rings. The number of ether oxygens (including phenoxy) is 3. The van der Waals surface area contributed by atoms with Gasteiger partial charge in [0.15, 0.2) is 22.5 Å². The number of non-ortho nitro benzene ring substituents is 1. The van der Waals surface area contributed by atoms with Crippen LogP contribution in [0.5, 0.6) is 17.2 Å². The van der Waals surface area contributed by atoms with Gasteiger partial charge < -0.3 is 14.2 Å². The number of hydrazone groups is 1. The van der Waals surface area contributed by atoms with Crippen LogP contribution in [0.25, 0.3) is 11.4 Å². The second kappa shape index (κ2) is 12.5. The largest absolute Gasteiger partial charge is 0.493 e. The number of methoxy groups -OCH3 is 3. The van der Waals surface area contributed by atoms with E-state index in [4.69, 9.17) is 14.2 Å². The minimum absolute atomic E-state index is 0.0203. The SMILES string of the molecule is C=C(C)Cn1c(SCC(=O)N/N=C/c2cc(OC)c(OC)c(OC)c2)nnc1-c1ccc([N+](=O)[O-])cc1. The van der Waals surface area contributed by atoms with Crippen LogP contribution in [0.15, 0.2) is 58.8 Å². The van der Waals surface area contributed by atoms with Gasteiger partial charge in [0.1, 0.15) is 0 Å². The van der Waals surface area contributed by atoms with Crippen molar-refractivity contribution in [3.63, 3.8) is 0 Å². The smallest absolute Gasteiger partial charge is 0.269 e. The van der Waals surface area contributed by atoms with Crippen LogP contribution in [0.1, 0.15) is 12.5 Å². The van der Waals surface area contributed by atoms with Crippen LogP contribution in [0.4, 0.5) is 5.69 Å². The number of carbonyl (C=O) groups is 1. The first kappa shape index (κ1) is 27.2. The summed E-state index contributed by atoms with van der Waals surface area (Å²) in [5.74, 6) is 1.57. The van der Waals surface area contributed by atoms with Gasteiger partial charge in [0.25, 0.3) is 11.6 Å². The average molecular weight is 527 g/mol. The number of amides is 1. The summed E-state index contributed by atoms with van der Waals surface area (Å²) in [5.41, 5.74) is 4.60. The summed E-state index contributed by atoms with van der Waals surface area (Å²) in [6.07, 6.45) is 1.46. The molecule has 13 heteroatoms. The van der Waals surface area contributed by atoms with Gasteiger partial charge in [0.2, 0.25) is 5.75 Å². The first-order chi connectivity index (χ1) is 17.8. The van der Waals surface area contributed by atoms with Crippen LogP contribution in [0.2, 0.25) is 0 Å². The number of thioether (sulfide) groups is 1. The quantitative estimate of drug-likeness (QED) is 0.123. The minimum Gasteiger partial charge on any atom is -0.493 e. The molecular formula is C24H26N6O6S. The van der Waals surface area contributed by atoms with E-state index in [-0.39, 0.29) is 17.3 Å². The molecule has 1 heterocycles. The van der Waals surface area contributed by atoms with Crippen molar-refractivity contribution in [3.8, 4) is 28.6 Å². The highest BCUT2D eigenvalue weighted by molar-refractivity contribution is 7.99. The Labute approximate surface area is 217 Å². The Hall–Kier alpha value is -4.39. The highest BCUT2D eigenvalue weighted by atomic mass is 32.2. The molecule has 0 unspecified atom stereocenters.